The summed E-state index contributed by atoms with van der Waals surface area (Å²) in [7, 11) is 3.94. The monoisotopic (exact) mass is 999 g/mol. The van der Waals surface area contributed by atoms with Crippen LogP contribution in [0.4, 0.5) is 0 Å². The number of carbonyl (C=O) groups excluding carboxylic acids is 6. The molecule has 0 aliphatic rings. The number of methoxy groups -OCH3 is 3. The molecule has 3 aromatic rings. The molecule has 0 N–H and O–H groups in total. The van der Waals surface area contributed by atoms with E-state index in [9.17, 15) is 28.8 Å². The average Bonchev–Trinajstić information content (AvgIpc) is 3.39. The fourth-order valence-electron chi connectivity index (χ4n) is 7.15. The van der Waals surface area contributed by atoms with Gasteiger partial charge in [-0.05, 0) is 91.6 Å². The van der Waals surface area contributed by atoms with Gasteiger partial charge in [0.1, 0.15) is 17.2 Å². The number of esters is 6. The maximum Gasteiger partial charge on any atom is 0.337 e. The Morgan fingerprint density at radius 3 is 0.958 bits per heavy atom. The van der Waals surface area contributed by atoms with Crippen molar-refractivity contribution in [2.45, 2.75) is 128 Å². The van der Waals surface area contributed by atoms with E-state index in [0.717, 1.165) is 77.0 Å². The zero-order valence-corrected chi connectivity index (χ0v) is 42.5. The fourth-order valence-corrected chi connectivity index (χ4v) is 7.15. The Kier molecular flexibility index (Phi) is 29.1. The smallest absolute Gasteiger partial charge is 0.337 e. The van der Waals surface area contributed by atoms with Crippen LogP contribution >= 0.6 is 0 Å². The Balaban J connectivity index is 1.32. The molecule has 0 atom stereocenters. The van der Waals surface area contributed by atoms with Gasteiger partial charge in [-0.15, -0.1) is 0 Å². The van der Waals surface area contributed by atoms with E-state index in [-0.39, 0.29) is 55.0 Å². The van der Waals surface area contributed by atoms with Crippen LogP contribution in [-0.2, 0) is 57.2 Å². The number of carbonyl (C=O) groups is 6. The first kappa shape index (κ1) is 59.4. The number of benzene rings is 3. The van der Waals surface area contributed by atoms with Gasteiger partial charge in [0, 0.05) is 19.3 Å². The summed E-state index contributed by atoms with van der Waals surface area (Å²) in [6.07, 6.45) is 11.7. The first-order valence-corrected chi connectivity index (χ1v) is 24.9. The minimum absolute atomic E-state index is 0.0253. The highest BCUT2D eigenvalue weighted by molar-refractivity contribution is 6.16. The Morgan fingerprint density at radius 1 is 0.375 bits per heavy atom. The molecule has 72 heavy (non-hydrogen) atoms. The maximum atomic E-state index is 12.9. The van der Waals surface area contributed by atoms with Crippen molar-refractivity contribution in [1.82, 2.24) is 0 Å². The Bertz CT molecular complexity index is 2060. The molecular formula is C57H74O15. The highest BCUT2D eigenvalue weighted by Gasteiger charge is 2.20. The zero-order valence-electron chi connectivity index (χ0n) is 42.5. The van der Waals surface area contributed by atoms with Gasteiger partial charge in [-0.2, -0.15) is 0 Å². The van der Waals surface area contributed by atoms with Crippen molar-refractivity contribution < 1.29 is 71.4 Å². The molecule has 0 fully saturated rings. The van der Waals surface area contributed by atoms with Crippen LogP contribution in [0.1, 0.15) is 139 Å². The van der Waals surface area contributed by atoms with Crippen LogP contribution in [0.2, 0.25) is 0 Å². The van der Waals surface area contributed by atoms with Gasteiger partial charge < -0.3 is 42.6 Å². The van der Waals surface area contributed by atoms with Crippen LogP contribution in [0.25, 0.3) is 16.7 Å². The molecule has 0 aliphatic carbocycles. The van der Waals surface area contributed by atoms with Gasteiger partial charge in [-0.25, -0.2) is 14.4 Å². The van der Waals surface area contributed by atoms with Crippen LogP contribution in [0, 0.1) is 0 Å². The van der Waals surface area contributed by atoms with Crippen LogP contribution < -0.4 is 14.2 Å². The lowest BCUT2D eigenvalue weighted by Gasteiger charge is -2.18. The second-order valence-electron chi connectivity index (χ2n) is 17.0. The lowest BCUT2D eigenvalue weighted by molar-refractivity contribution is -0.191. The second kappa shape index (κ2) is 35.2. The number of hydrogen-bond donors (Lipinski definition) is 0. The third kappa shape index (κ3) is 24.3. The third-order valence-corrected chi connectivity index (χ3v) is 11.4. The quantitative estimate of drug-likeness (QED) is 0.0173. The molecule has 0 aliphatic heterocycles. The molecule has 0 aromatic heterocycles. The molecule has 3 rings (SSSR count). The van der Waals surface area contributed by atoms with Crippen LogP contribution in [0.3, 0.4) is 0 Å². The largest absolute Gasteiger partial charge is 0.494 e. The Hall–Kier alpha value is -6.90. The molecule has 0 amide bonds. The molecule has 0 bridgehead atoms. The fraction of sp³-hybridized carbons (Fsp3) is 0.474. The zero-order chi connectivity index (χ0) is 52.4. The van der Waals surface area contributed by atoms with E-state index in [4.69, 9.17) is 42.6 Å². The average molecular weight is 999 g/mol. The molecule has 3 aromatic carbocycles. The van der Waals surface area contributed by atoms with E-state index in [2.05, 4.69) is 19.7 Å². The van der Waals surface area contributed by atoms with Crippen LogP contribution in [-0.4, -0.2) is 89.9 Å². The summed E-state index contributed by atoms with van der Waals surface area (Å²) in [5.74, 6) is -0.728. The summed E-state index contributed by atoms with van der Waals surface area (Å²) in [4.78, 5) is 73.4. The van der Waals surface area contributed by atoms with Gasteiger partial charge in [0.15, 0.2) is 0 Å². The van der Waals surface area contributed by atoms with E-state index in [0.29, 0.717) is 73.0 Å². The molecular weight excluding hydrogens is 925 g/mol. The van der Waals surface area contributed by atoms with Crippen molar-refractivity contribution in [2.24, 2.45) is 0 Å². The molecule has 0 saturated carbocycles. The number of ether oxygens (including phenoxy) is 9. The van der Waals surface area contributed by atoms with E-state index < -0.39 is 36.1 Å². The lowest BCUT2D eigenvalue weighted by Crippen LogP contribution is -2.26. The molecule has 0 radical (unpaired) electrons. The van der Waals surface area contributed by atoms with Gasteiger partial charge in [0.25, 0.3) is 6.29 Å². The first-order valence-electron chi connectivity index (χ1n) is 24.9. The maximum absolute atomic E-state index is 12.9. The molecule has 0 heterocycles. The first-order chi connectivity index (χ1) is 34.8. The Morgan fingerprint density at radius 2 is 0.653 bits per heavy atom. The molecule has 0 unspecified atom stereocenters. The minimum Gasteiger partial charge on any atom is -0.494 e. The van der Waals surface area contributed by atoms with Crippen molar-refractivity contribution >= 4 is 52.5 Å². The highest BCUT2D eigenvalue weighted by atomic mass is 16.7. The summed E-state index contributed by atoms with van der Waals surface area (Å²) in [5, 5.41) is 0. The summed E-state index contributed by atoms with van der Waals surface area (Å²) >= 11 is 0. The van der Waals surface area contributed by atoms with E-state index in [1.807, 2.05) is 0 Å². The van der Waals surface area contributed by atoms with Crippen molar-refractivity contribution in [1.29, 1.82) is 0 Å². The van der Waals surface area contributed by atoms with E-state index >= 15 is 0 Å². The standard InChI is InChI=1S/C57H74O15/c1-42(55(61)64-4)45-25-31-48(32-26-45)67-38-19-13-7-10-16-22-51(58)70-41-37-54(71-52(59)23-17-11-8-14-20-39-68-49-33-27-46(28-34-49)43(2)56(62)65-5)72-53(60)24-18-12-9-15-21-40-69-50-35-29-47(30-36-50)44(3)57(63)66-6/h25-36,54H,1-3,7-24,37-41H2,4-6H3. The summed E-state index contributed by atoms with van der Waals surface area (Å²) in [5.41, 5.74) is 2.83. The predicted octanol–water partition coefficient (Wildman–Crippen LogP) is 11.1. The topological polar surface area (TPSA) is 185 Å². The molecule has 15 nitrogen and oxygen atoms in total. The number of rotatable bonds is 38. The number of hydrogen-bond acceptors (Lipinski definition) is 15. The molecule has 15 heteroatoms. The van der Waals surface area contributed by atoms with Crippen molar-refractivity contribution in [3.05, 3.63) is 109 Å². The lowest BCUT2D eigenvalue weighted by atomic mass is 10.1. The second-order valence-corrected chi connectivity index (χ2v) is 17.0. The van der Waals surface area contributed by atoms with Gasteiger partial charge in [-0.1, -0.05) is 114 Å². The van der Waals surface area contributed by atoms with Gasteiger partial charge in [0.05, 0.1) is 70.9 Å². The van der Waals surface area contributed by atoms with Gasteiger partial charge >= 0.3 is 35.8 Å². The Labute approximate surface area is 425 Å². The van der Waals surface area contributed by atoms with Crippen LogP contribution in [0.5, 0.6) is 17.2 Å². The van der Waals surface area contributed by atoms with Gasteiger partial charge in [-0.3, -0.25) is 14.4 Å². The van der Waals surface area contributed by atoms with Gasteiger partial charge in [0.2, 0.25) is 0 Å². The van der Waals surface area contributed by atoms with Crippen molar-refractivity contribution in [3.63, 3.8) is 0 Å². The van der Waals surface area contributed by atoms with E-state index in [1.54, 1.807) is 72.8 Å². The van der Waals surface area contributed by atoms with Crippen molar-refractivity contribution in [3.8, 4) is 17.2 Å². The summed E-state index contributed by atoms with van der Waals surface area (Å²) < 4.78 is 48.2. The molecule has 0 saturated heterocycles. The van der Waals surface area contributed by atoms with Crippen LogP contribution in [0.15, 0.2) is 92.5 Å². The van der Waals surface area contributed by atoms with Crippen molar-refractivity contribution in [2.75, 3.05) is 47.8 Å². The summed E-state index contributed by atoms with van der Waals surface area (Å²) in [6.45, 7) is 12.8. The molecule has 392 valence electrons. The third-order valence-electron chi connectivity index (χ3n) is 11.4. The summed E-state index contributed by atoms with van der Waals surface area (Å²) in [6, 6.07) is 21.3. The number of unbranched alkanes of at least 4 members (excludes halogenated alkanes) is 12. The van der Waals surface area contributed by atoms with E-state index in [1.165, 1.54) is 21.3 Å². The normalized spacial score (nSPS) is 10.7. The predicted molar refractivity (Wildman–Crippen MR) is 274 cm³/mol. The SMILES string of the molecule is C=C(C(=O)OC)c1ccc(OCCCCCCCC(=O)OCCC(OC(=O)CCCCCCCOc2ccc(C(=C)C(=O)OC)cc2)OC(=O)CCCCCCCOc2ccc(C(=C)C(=O)OC)cc2)cc1. The minimum atomic E-state index is -1.17. The highest BCUT2D eigenvalue weighted by Crippen LogP contribution is 2.22. The molecule has 0 spiro atoms.